The molecule has 4 heteroatoms. The van der Waals surface area contributed by atoms with Crippen molar-refractivity contribution in [3.05, 3.63) is 16.0 Å². The van der Waals surface area contributed by atoms with Gasteiger partial charge < -0.3 is 5.32 Å². The van der Waals surface area contributed by atoms with Crippen LogP contribution in [0, 0.1) is 13.8 Å². The number of hydrogen-bond acceptors (Lipinski definition) is 2. The quantitative estimate of drug-likeness (QED) is 0.735. The van der Waals surface area contributed by atoms with Crippen LogP contribution < -0.4 is 10.6 Å². The summed E-state index contributed by atoms with van der Waals surface area (Å²) >= 11 is 1.67. The maximum atomic E-state index is 11.3. The number of urea groups is 1. The highest BCUT2D eigenvalue weighted by Gasteiger charge is 2.27. The fourth-order valence-corrected chi connectivity index (χ4v) is 2.95. The van der Waals surface area contributed by atoms with Crippen LogP contribution in [-0.2, 0) is 0 Å². The lowest BCUT2D eigenvalue weighted by Gasteiger charge is -2.24. The highest BCUT2D eigenvalue weighted by atomic mass is 32.1. The zero-order chi connectivity index (χ0) is 10.3. The van der Waals surface area contributed by atoms with Crippen molar-refractivity contribution in [2.75, 3.05) is 5.32 Å². The van der Waals surface area contributed by atoms with E-state index in [2.05, 4.69) is 31.4 Å². The summed E-state index contributed by atoms with van der Waals surface area (Å²) in [4.78, 5) is 12.6. The Morgan fingerprint density at radius 3 is 2.79 bits per heavy atom. The molecular weight excluding hydrogens is 196 g/mol. The second-order valence-electron chi connectivity index (χ2n) is 3.59. The topological polar surface area (TPSA) is 41.1 Å². The SMILES string of the molecule is CCC1NC(=O)Nc2sc(C)c(C)c21. The number of rotatable bonds is 1. The summed E-state index contributed by atoms with van der Waals surface area (Å²) in [5.74, 6) is 0. The molecule has 1 aromatic rings. The molecule has 1 unspecified atom stereocenters. The summed E-state index contributed by atoms with van der Waals surface area (Å²) in [6.45, 7) is 6.30. The van der Waals surface area contributed by atoms with Crippen molar-refractivity contribution < 1.29 is 4.79 Å². The first kappa shape index (κ1) is 9.52. The summed E-state index contributed by atoms with van der Waals surface area (Å²) in [6.07, 6.45) is 0.942. The first-order chi connectivity index (χ1) is 6.63. The number of fused-ring (bicyclic) bond motifs is 1. The predicted octanol–water partition coefficient (Wildman–Crippen LogP) is 2.95. The number of carbonyl (C=O) groups is 1. The molecule has 0 aromatic carbocycles. The fourth-order valence-electron chi connectivity index (χ4n) is 1.83. The van der Waals surface area contributed by atoms with Crippen molar-refractivity contribution in [3.63, 3.8) is 0 Å². The number of carbonyl (C=O) groups excluding carboxylic acids is 1. The van der Waals surface area contributed by atoms with E-state index in [0.717, 1.165) is 11.4 Å². The van der Waals surface area contributed by atoms with Crippen molar-refractivity contribution >= 4 is 22.4 Å². The number of hydrogen-bond donors (Lipinski definition) is 2. The van der Waals surface area contributed by atoms with E-state index in [1.54, 1.807) is 11.3 Å². The lowest BCUT2D eigenvalue weighted by atomic mass is 10.0. The zero-order valence-corrected chi connectivity index (χ0v) is 9.42. The summed E-state index contributed by atoms with van der Waals surface area (Å²) in [5.41, 5.74) is 2.58. The molecule has 0 saturated heterocycles. The minimum absolute atomic E-state index is 0.0781. The molecule has 0 aliphatic carbocycles. The van der Waals surface area contributed by atoms with Gasteiger partial charge in [-0.25, -0.2) is 4.79 Å². The molecule has 76 valence electrons. The smallest absolute Gasteiger partial charge is 0.320 e. The van der Waals surface area contributed by atoms with Gasteiger partial charge in [0.05, 0.1) is 6.04 Å². The Balaban J connectivity index is 2.51. The lowest BCUT2D eigenvalue weighted by Crippen LogP contribution is -2.36. The Labute approximate surface area is 87.5 Å². The summed E-state index contributed by atoms with van der Waals surface area (Å²) in [6, 6.07) is 0.106. The average molecular weight is 210 g/mol. The van der Waals surface area contributed by atoms with Gasteiger partial charge >= 0.3 is 6.03 Å². The number of anilines is 1. The number of aryl methyl sites for hydroxylation is 1. The normalized spacial score (nSPS) is 19.9. The summed E-state index contributed by atoms with van der Waals surface area (Å²) in [5, 5.41) is 6.81. The Morgan fingerprint density at radius 2 is 2.14 bits per heavy atom. The first-order valence-electron chi connectivity index (χ1n) is 4.81. The Hall–Kier alpha value is -1.03. The van der Waals surface area contributed by atoms with Crippen LogP contribution in [-0.4, -0.2) is 6.03 Å². The number of nitrogens with one attached hydrogen (secondary N) is 2. The second-order valence-corrected chi connectivity index (χ2v) is 4.81. The van der Waals surface area contributed by atoms with Gasteiger partial charge in [0.25, 0.3) is 0 Å². The van der Waals surface area contributed by atoms with Crippen LogP contribution in [0.3, 0.4) is 0 Å². The largest absolute Gasteiger partial charge is 0.331 e. The Morgan fingerprint density at radius 1 is 1.43 bits per heavy atom. The molecule has 1 aromatic heterocycles. The molecule has 14 heavy (non-hydrogen) atoms. The van der Waals surface area contributed by atoms with E-state index < -0.39 is 0 Å². The second kappa shape index (κ2) is 3.28. The molecule has 2 heterocycles. The van der Waals surface area contributed by atoms with E-state index in [-0.39, 0.29) is 12.1 Å². The third-order valence-electron chi connectivity index (χ3n) is 2.72. The van der Waals surface area contributed by atoms with Gasteiger partial charge in [0.1, 0.15) is 5.00 Å². The Kier molecular flexibility index (Phi) is 2.23. The third kappa shape index (κ3) is 1.30. The van der Waals surface area contributed by atoms with E-state index in [1.165, 1.54) is 16.0 Å². The third-order valence-corrected chi connectivity index (χ3v) is 3.86. The van der Waals surface area contributed by atoms with E-state index in [1.807, 2.05) is 0 Å². The molecule has 0 spiro atoms. The van der Waals surface area contributed by atoms with E-state index in [0.29, 0.717) is 0 Å². The van der Waals surface area contributed by atoms with Crippen LogP contribution in [0.1, 0.15) is 35.4 Å². The molecule has 1 aliphatic heterocycles. The van der Waals surface area contributed by atoms with Gasteiger partial charge in [0.15, 0.2) is 0 Å². The van der Waals surface area contributed by atoms with Crippen LogP contribution >= 0.6 is 11.3 Å². The first-order valence-corrected chi connectivity index (χ1v) is 5.62. The molecule has 1 aliphatic rings. The van der Waals surface area contributed by atoms with Crippen molar-refractivity contribution in [2.24, 2.45) is 0 Å². The highest BCUT2D eigenvalue weighted by molar-refractivity contribution is 7.16. The van der Waals surface area contributed by atoms with Crippen LogP contribution in [0.2, 0.25) is 0 Å². The van der Waals surface area contributed by atoms with Crippen LogP contribution in [0.25, 0.3) is 0 Å². The van der Waals surface area contributed by atoms with E-state index in [4.69, 9.17) is 0 Å². The molecule has 3 nitrogen and oxygen atoms in total. The lowest BCUT2D eigenvalue weighted by molar-refractivity contribution is 0.247. The maximum absolute atomic E-state index is 11.3. The minimum Gasteiger partial charge on any atom is -0.331 e. The molecule has 2 rings (SSSR count). The van der Waals surface area contributed by atoms with Crippen molar-refractivity contribution in [2.45, 2.75) is 33.2 Å². The molecule has 2 N–H and O–H groups in total. The van der Waals surface area contributed by atoms with Crippen molar-refractivity contribution in [1.82, 2.24) is 5.32 Å². The molecule has 0 saturated carbocycles. The van der Waals surface area contributed by atoms with Gasteiger partial charge in [0.2, 0.25) is 0 Å². The van der Waals surface area contributed by atoms with Crippen molar-refractivity contribution in [1.29, 1.82) is 0 Å². The zero-order valence-electron chi connectivity index (χ0n) is 8.60. The molecular formula is C10H14N2OS. The van der Waals surface area contributed by atoms with Crippen LogP contribution in [0.15, 0.2) is 0 Å². The molecule has 0 fully saturated rings. The average Bonchev–Trinajstić information content (AvgIpc) is 2.41. The van der Waals surface area contributed by atoms with Gasteiger partial charge in [-0.05, 0) is 25.8 Å². The number of amides is 2. The van der Waals surface area contributed by atoms with Gasteiger partial charge in [-0.15, -0.1) is 11.3 Å². The fraction of sp³-hybridized carbons (Fsp3) is 0.500. The van der Waals surface area contributed by atoms with E-state index in [9.17, 15) is 4.79 Å². The molecule has 0 radical (unpaired) electrons. The van der Waals surface area contributed by atoms with Gasteiger partial charge in [-0.2, -0.15) is 0 Å². The number of thiophene rings is 1. The minimum atomic E-state index is -0.0781. The van der Waals surface area contributed by atoms with Gasteiger partial charge in [0, 0.05) is 10.4 Å². The Bertz CT molecular complexity index is 384. The highest BCUT2D eigenvalue weighted by Crippen LogP contribution is 2.39. The molecule has 2 amide bonds. The predicted molar refractivity (Wildman–Crippen MR) is 59.0 cm³/mol. The molecule has 0 bridgehead atoms. The van der Waals surface area contributed by atoms with E-state index >= 15 is 0 Å². The summed E-state index contributed by atoms with van der Waals surface area (Å²) in [7, 11) is 0. The van der Waals surface area contributed by atoms with Crippen LogP contribution in [0.5, 0.6) is 0 Å². The standard InChI is InChI=1S/C10H14N2OS/c1-4-7-8-5(2)6(3)14-9(8)12-10(13)11-7/h7H,4H2,1-3H3,(H2,11,12,13). The molecule has 1 atom stereocenters. The van der Waals surface area contributed by atoms with Gasteiger partial charge in [-0.3, -0.25) is 5.32 Å². The van der Waals surface area contributed by atoms with Crippen LogP contribution in [0.4, 0.5) is 9.80 Å². The van der Waals surface area contributed by atoms with Crippen molar-refractivity contribution in [3.8, 4) is 0 Å². The monoisotopic (exact) mass is 210 g/mol. The van der Waals surface area contributed by atoms with Gasteiger partial charge in [-0.1, -0.05) is 6.92 Å². The summed E-state index contributed by atoms with van der Waals surface area (Å²) < 4.78 is 0. The maximum Gasteiger partial charge on any atom is 0.320 e.